The van der Waals surface area contributed by atoms with Gasteiger partial charge in [-0.05, 0) is 17.7 Å². The van der Waals surface area contributed by atoms with Gasteiger partial charge in [0.15, 0.2) is 0 Å². The van der Waals surface area contributed by atoms with Gasteiger partial charge < -0.3 is 19.4 Å². The molecule has 0 saturated carbocycles. The second kappa shape index (κ2) is 9.71. The summed E-state index contributed by atoms with van der Waals surface area (Å²) >= 11 is 0. The first kappa shape index (κ1) is 20.3. The summed E-state index contributed by atoms with van der Waals surface area (Å²) in [4.78, 5) is 35.5. The molecule has 0 N–H and O–H groups in total. The van der Waals surface area contributed by atoms with Gasteiger partial charge in [0, 0.05) is 51.8 Å². The Labute approximate surface area is 177 Å². The molecule has 2 fully saturated rings. The van der Waals surface area contributed by atoms with E-state index < -0.39 is 0 Å². The van der Waals surface area contributed by atoms with Gasteiger partial charge in [-0.3, -0.25) is 9.59 Å². The van der Waals surface area contributed by atoms with Gasteiger partial charge in [0.25, 0.3) is 0 Å². The fourth-order valence-corrected chi connectivity index (χ4v) is 4.00. The molecule has 0 radical (unpaired) electrons. The summed E-state index contributed by atoms with van der Waals surface area (Å²) in [6.07, 6.45) is 2.20. The molecular formula is C23H28N4O3. The Kier molecular flexibility index (Phi) is 6.59. The predicted molar refractivity (Wildman–Crippen MR) is 114 cm³/mol. The van der Waals surface area contributed by atoms with Gasteiger partial charge in [-0.2, -0.15) is 0 Å². The number of piperazine rings is 1. The van der Waals surface area contributed by atoms with Crippen LogP contribution in [0.25, 0.3) is 0 Å². The molecule has 7 heteroatoms. The van der Waals surface area contributed by atoms with Crippen LogP contribution in [0.2, 0.25) is 0 Å². The van der Waals surface area contributed by atoms with E-state index in [1.165, 1.54) is 0 Å². The molecule has 2 aliphatic rings. The topological polar surface area (TPSA) is 66.0 Å². The SMILES string of the molecule is O=C(CCC(=O)N1CCO[C@H](c2ccccc2)C1)N1CCN(c2ccccn2)CC1. The average molecular weight is 409 g/mol. The first-order chi connectivity index (χ1) is 14.7. The standard InChI is InChI=1S/C23H28N4O3/c28-22(26-14-12-25(13-15-26)21-8-4-5-11-24-21)9-10-23(29)27-16-17-30-20(18-27)19-6-2-1-3-7-19/h1-8,11,20H,9-10,12-18H2/t20-/m0/s1. The van der Waals surface area contributed by atoms with Gasteiger partial charge in [0.2, 0.25) is 11.8 Å². The zero-order valence-electron chi connectivity index (χ0n) is 17.2. The third-order valence-corrected chi connectivity index (χ3v) is 5.75. The summed E-state index contributed by atoms with van der Waals surface area (Å²) in [5.74, 6) is 1.02. The highest BCUT2D eigenvalue weighted by Crippen LogP contribution is 2.22. The van der Waals surface area contributed by atoms with E-state index in [1.54, 1.807) is 6.20 Å². The first-order valence-electron chi connectivity index (χ1n) is 10.6. The van der Waals surface area contributed by atoms with Crippen molar-refractivity contribution in [3.63, 3.8) is 0 Å². The summed E-state index contributed by atoms with van der Waals surface area (Å²) in [6.45, 7) is 4.50. The van der Waals surface area contributed by atoms with Gasteiger partial charge in [-0.1, -0.05) is 36.4 Å². The van der Waals surface area contributed by atoms with Crippen molar-refractivity contribution in [2.45, 2.75) is 18.9 Å². The maximum absolute atomic E-state index is 12.7. The van der Waals surface area contributed by atoms with Crippen molar-refractivity contribution in [3.8, 4) is 0 Å². The van der Waals surface area contributed by atoms with E-state index in [-0.39, 0.29) is 30.8 Å². The number of pyridine rings is 1. The van der Waals surface area contributed by atoms with Gasteiger partial charge in [0.1, 0.15) is 11.9 Å². The number of anilines is 1. The minimum absolute atomic E-state index is 0.0275. The fourth-order valence-electron chi connectivity index (χ4n) is 4.00. The molecule has 1 aromatic carbocycles. The quantitative estimate of drug-likeness (QED) is 0.758. The van der Waals surface area contributed by atoms with Crippen LogP contribution in [0.5, 0.6) is 0 Å². The summed E-state index contributed by atoms with van der Waals surface area (Å²) < 4.78 is 5.83. The Bertz CT molecular complexity index is 838. The van der Waals surface area contributed by atoms with Gasteiger partial charge in [-0.25, -0.2) is 4.98 Å². The van der Waals surface area contributed by atoms with Crippen LogP contribution in [-0.2, 0) is 14.3 Å². The Morgan fingerprint density at radius 1 is 0.867 bits per heavy atom. The van der Waals surface area contributed by atoms with Gasteiger partial charge in [0.05, 0.1) is 13.2 Å². The number of nitrogens with zero attached hydrogens (tertiary/aromatic N) is 4. The monoisotopic (exact) mass is 408 g/mol. The molecule has 2 amide bonds. The number of benzene rings is 1. The molecule has 3 heterocycles. The molecule has 2 saturated heterocycles. The number of rotatable bonds is 5. The average Bonchev–Trinajstić information content (AvgIpc) is 2.83. The van der Waals surface area contributed by atoms with E-state index in [0.29, 0.717) is 32.8 Å². The zero-order valence-corrected chi connectivity index (χ0v) is 17.2. The lowest BCUT2D eigenvalue weighted by molar-refractivity contribution is -0.142. The normalized spacial score (nSPS) is 19.6. The van der Waals surface area contributed by atoms with E-state index >= 15 is 0 Å². The van der Waals surface area contributed by atoms with Gasteiger partial charge in [-0.15, -0.1) is 0 Å². The lowest BCUT2D eigenvalue weighted by atomic mass is 10.1. The van der Waals surface area contributed by atoms with Crippen molar-refractivity contribution >= 4 is 17.6 Å². The van der Waals surface area contributed by atoms with Crippen molar-refractivity contribution in [2.75, 3.05) is 50.8 Å². The molecule has 1 atom stereocenters. The van der Waals surface area contributed by atoms with Crippen molar-refractivity contribution in [3.05, 3.63) is 60.3 Å². The fraction of sp³-hybridized carbons (Fsp3) is 0.435. The van der Waals surface area contributed by atoms with E-state index in [0.717, 1.165) is 24.5 Å². The second-order valence-electron chi connectivity index (χ2n) is 7.67. The number of ether oxygens (including phenoxy) is 1. The van der Waals surface area contributed by atoms with Crippen LogP contribution >= 0.6 is 0 Å². The molecule has 2 aromatic rings. The van der Waals surface area contributed by atoms with Crippen LogP contribution in [-0.4, -0.2) is 72.5 Å². The van der Waals surface area contributed by atoms with E-state index in [1.807, 2.05) is 58.3 Å². The van der Waals surface area contributed by atoms with Crippen LogP contribution in [0.4, 0.5) is 5.82 Å². The smallest absolute Gasteiger partial charge is 0.223 e. The molecule has 0 spiro atoms. The number of amides is 2. The Morgan fingerprint density at radius 2 is 1.57 bits per heavy atom. The molecular weight excluding hydrogens is 380 g/mol. The molecule has 0 aliphatic carbocycles. The third-order valence-electron chi connectivity index (χ3n) is 5.75. The minimum atomic E-state index is -0.0979. The molecule has 7 nitrogen and oxygen atoms in total. The zero-order chi connectivity index (χ0) is 20.8. The maximum atomic E-state index is 12.7. The van der Waals surface area contributed by atoms with Crippen LogP contribution in [0, 0.1) is 0 Å². The lowest BCUT2D eigenvalue weighted by Crippen LogP contribution is -2.49. The Hall–Kier alpha value is -2.93. The maximum Gasteiger partial charge on any atom is 0.223 e. The Balaban J connectivity index is 1.22. The van der Waals surface area contributed by atoms with E-state index in [4.69, 9.17) is 4.74 Å². The van der Waals surface area contributed by atoms with Crippen molar-refractivity contribution < 1.29 is 14.3 Å². The molecule has 2 aliphatic heterocycles. The predicted octanol–water partition coefficient (Wildman–Crippen LogP) is 2.11. The first-order valence-corrected chi connectivity index (χ1v) is 10.6. The van der Waals surface area contributed by atoms with Crippen LogP contribution < -0.4 is 4.90 Å². The Morgan fingerprint density at radius 3 is 2.27 bits per heavy atom. The number of carbonyl (C=O) groups is 2. The van der Waals surface area contributed by atoms with Crippen LogP contribution in [0.15, 0.2) is 54.7 Å². The second-order valence-corrected chi connectivity index (χ2v) is 7.67. The molecule has 1 aromatic heterocycles. The highest BCUT2D eigenvalue weighted by Gasteiger charge is 2.27. The lowest BCUT2D eigenvalue weighted by Gasteiger charge is -2.36. The molecule has 4 rings (SSSR count). The number of carbonyl (C=O) groups excluding carboxylic acids is 2. The minimum Gasteiger partial charge on any atom is -0.370 e. The summed E-state index contributed by atoms with van der Waals surface area (Å²) in [7, 11) is 0. The largest absolute Gasteiger partial charge is 0.370 e. The molecule has 158 valence electrons. The summed E-state index contributed by atoms with van der Waals surface area (Å²) in [5.41, 5.74) is 1.08. The number of hydrogen-bond acceptors (Lipinski definition) is 5. The van der Waals surface area contributed by atoms with Gasteiger partial charge >= 0.3 is 0 Å². The van der Waals surface area contributed by atoms with E-state index in [9.17, 15) is 9.59 Å². The number of morpholine rings is 1. The van der Waals surface area contributed by atoms with Crippen LogP contribution in [0.3, 0.4) is 0 Å². The van der Waals surface area contributed by atoms with Crippen molar-refractivity contribution in [1.29, 1.82) is 0 Å². The number of aromatic nitrogens is 1. The van der Waals surface area contributed by atoms with E-state index in [2.05, 4.69) is 9.88 Å². The molecule has 0 unspecified atom stereocenters. The van der Waals surface area contributed by atoms with Crippen molar-refractivity contribution in [1.82, 2.24) is 14.8 Å². The van der Waals surface area contributed by atoms with Crippen molar-refractivity contribution in [2.24, 2.45) is 0 Å². The van der Waals surface area contributed by atoms with Crippen LogP contribution in [0.1, 0.15) is 24.5 Å². The highest BCUT2D eigenvalue weighted by atomic mass is 16.5. The highest BCUT2D eigenvalue weighted by molar-refractivity contribution is 5.84. The molecule has 30 heavy (non-hydrogen) atoms. The third kappa shape index (κ3) is 4.97. The molecule has 0 bridgehead atoms. The summed E-state index contributed by atoms with van der Waals surface area (Å²) in [6, 6.07) is 15.8. The number of hydrogen-bond donors (Lipinski definition) is 0. The summed E-state index contributed by atoms with van der Waals surface area (Å²) in [5, 5.41) is 0.